The van der Waals surface area contributed by atoms with Gasteiger partial charge in [-0.3, -0.25) is 4.79 Å². The molecule has 0 bridgehead atoms. The maximum Gasteiger partial charge on any atom is 0.252 e. The lowest BCUT2D eigenvalue weighted by Crippen LogP contribution is -2.25. The molecule has 0 fully saturated rings. The summed E-state index contributed by atoms with van der Waals surface area (Å²) in [5.74, 6) is 0.597. The highest BCUT2D eigenvalue weighted by Crippen LogP contribution is 2.24. The van der Waals surface area contributed by atoms with E-state index in [1.165, 1.54) is 0 Å². The SMILES string of the molecule is COc1ccc2c(CCNC(=O)c3ccc(Cl)cc3Cl)c[nH]c2c1. The number of methoxy groups -OCH3 is 1. The van der Waals surface area contributed by atoms with Crippen LogP contribution in [-0.2, 0) is 6.42 Å². The second-order valence-corrected chi connectivity index (χ2v) is 6.20. The Hall–Kier alpha value is -2.17. The van der Waals surface area contributed by atoms with Crippen molar-refractivity contribution in [1.29, 1.82) is 0 Å². The van der Waals surface area contributed by atoms with Gasteiger partial charge in [-0.2, -0.15) is 0 Å². The molecule has 0 aliphatic carbocycles. The molecule has 2 aromatic carbocycles. The number of H-pyrrole nitrogens is 1. The summed E-state index contributed by atoms with van der Waals surface area (Å²) in [5, 5.41) is 4.85. The molecule has 0 aliphatic rings. The van der Waals surface area contributed by atoms with Crippen LogP contribution in [0.4, 0.5) is 0 Å². The van der Waals surface area contributed by atoms with Gasteiger partial charge in [0.25, 0.3) is 5.91 Å². The quantitative estimate of drug-likeness (QED) is 0.703. The zero-order valence-corrected chi connectivity index (χ0v) is 14.5. The summed E-state index contributed by atoms with van der Waals surface area (Å²) < 4.78 is 5.21. The number of carbonyl (C=O) groups is 1. The Kier molecular flexibility index (Phi) is 4.97. The Morgan fingerprint density at radius 3 is 2.79 bits per heavy atom. The van der Waals surface area contributed by atoms with E-state index < -0.39 is 0 Å². The molecule has 0 saturated carbocycles. The second-order valence-electron chi connectivity index (χ2n) is 5.36. The van der Waals surface area contributed by atoms with Gasteiger partial charge >= 0.3 is 0 Å². The maximum atomic E-state index is 12.2. The number of aromatic amines is 1. The number of benzene rings is 2. The predicted molar refractivity (Wildman–Crippen MR) is 97.3 cm³/mol. The number of hydrogen-bond donors (Lipinski definition) is 2. The van der Waals surface area contributed by atoms with Crippen LogP contribution in [0.15, 0.2) is 42.6 Å². The van der Waals surface area contributed by atoms with Crippen LogP contribution in [-0.4, -0.2) is 24.5 Å². The molecule has 4 nitrogen and oxygen atoms in total. The van der Waals surface area contributed by atoms with Crippen molar-refractivity contribution in [2.75, 3.05) is 13.7 Å². The minimum Gasteiger partial charge on any atom is -0.497 e. The fourth-order valence-corrected chi connectivity index (χ4v) is 3.07. The van der Waals surface area contributed by atoms with E-state index in [9.17, 15) is 4.79 Å². The van der Waals surface area contributed by atoms with E-state index in [0.717, 1.165) is 22.2 Å². The molecule has 1 aromatic heterocycles. The number of halogens is 2. The molecule has 0 unspecified atom stereocenters. The lowest BCUT2D eigenvalue weighted by molar-refractivity contribution is 0.0954. The first-order valence-electron chi connectivity index (χ1n) is 7.45. The first-order chi connectivity index (χ1) is 11.6. The molecule has 2 N–H and O–H groups in total. The molecule has 1 heterocycles. The number of fused-ring (bicyclic) bond motifs is 1. The highest BCUT2D eigenvalue weighted by molar-refractivity contribution is 6.36. The minimum absolute atomic E-state index is 0.210. The van der Waals surface area contributed by atoms with Gasteiger partial charge in [-0.05, 0) is 42.3 Å². The molecule has 0 aliphatic heterocycles. The van der Waals surface area contributed by atoms with Gasteiger partial charge in [0.15, 0.2) is 0 Å². The minimum atomic E-state index is -0.210. The molecule has 0 spiro atoms. The molecule has 3 rings (SSSR count). The van der Waals surface area contributed by atoms with E-state index in [-0.39, 0.29) is 5.91 Å². The van der Waals surface area contributed by atoms with Crippen molar-refractivity contribution in [3.63, 3.8) is 0 Å². The lowest BCUT2D eigenvalue weighted by Gasteiger charge is -2.07. The van der Waals surface area contributed by atoms with E-state index in [2.05, 4.69) is 10.3 Å². The number of amides is 1. The second kappa shape index (κ2) is 7.16. The predicted octanol–water partition coefficient (Wildman–Crippen LogP) is 4.46. The van der Waals surface area contributed by atoms with Crippen LogP contribution in [0.25, 0.3) is 10.9 Å². The van der Waals surface area contributed by atoms with E-state index in [0.29, 0.717) is 28.6 Å². The molecule has 1 amide bonds. The largest absolute Gasteiger partial charge is 0.497 e. The fourth-order valence-electron chi connectivity index (χ4n) is 2.58. The van der Waals surface area contributed by atoms with Crippen LogP contribution < -0.4 is 10.1 Å². The van der Waals surface area contributed by atoms with Crippen molar-refractivity contribution in [2.45, 2.75) is 6.42 Å². The smallest absolute Gasteiger partial charge is 0.252 e. The van der Waals surface area contributed by atoms with Gasteiger partial charge in [0.1, 0.15) is 5.75 Å². The van der Waals surface area contributed by atoms with E-state index in [1.54, 1.807) is 25.3 Å². The Bertz CT molecular complexity index is 890. The first kappa shape index (κ1) is 16.7. The normalized spacial score (nSPS) is 10.8. The average Bonchev–Trinajstić information content (AvgIpc) is 2.97. The standard InChI is InChI=1S/C18H16Cl2N2O2/c1-24-13-3-5-14-11(10-22-17(14)9-13)6-7-21-18(23)15-4-2-12(19)8-16(15)20/h2-5,8-10,22H,6-7H2,1H3,(H,21,23). The first-order valence-corrected chi connectivity index (χ1v) is 8.21. The molecule has 6 heteroatoms. The van der Waals surface area contributed by atoms with Crippen molar-refractivity contribution < 1.29 is 9.53 Å². The van der Waals surface area contributed by atoms with Crippen LogP contribution in [0, 0.1) is 0 Å². The molecule has 0 saturated heterocycles. The third kappa shape index (κ3) is 3.50. The number of rotatable bonds is 5. The Balaban J connectivity index is 1.65. The number of aromatic nitrogens is 1. The summed E-state index contributed by atoms with van der Waals surface area (Å²) >= 11 is 11.9. The molecular weight excluding hydrogens is 347 g/mol. The van der Waals surface area contributed by atoms with Gasteiger partial charge in [-0.15, -0.1) is 0 Å². The van der Waals surface area contributed by atoms with Gasteiger partial charge in [-0.1, -0.05) is 23.2 Å². The Morgan fingerprint density at radius 1 is 1.21 bits per heavy atom. The third-order valence-electron chi connectivity index (χ3n) is 3.83. The van der Waals surface area contributed by atoms with Crippen LogP contribution in [0.3, 0.4) is 0 Å². The molecule has 24 heavy (non-hydrogen) atoms. The molecule has 0 atom stereocenters. The van der Waals surface area contributed by atoms with Crippen molar-refractivity contribution in [1.82, 2.24) is 10.3 Å². The fraction of sp³-hybridized carbons (Fsp3) is 0.167. The van der Waals surface area contributed by atoms with Gasteiger partial charge in [0.05, 0.1) is 17.7 Å². The summed E-state index contributed by atoms with van der Waals surface area (Å²) in [4.78, 5) is 15.4. The Morgan fingerprint density at radius 2 is 2.04 bits per heavy atom. The maximum absolute atomic E-state index is 12.2. The van der Waals surface area contributed by atoms with E-state index >= 15 is 0 Å². The summed E-state index contributed by atoms with van der Waals surface area (Å²) in [6, 6.07) is 10.7. The zero-order chi connectivity index (χ0) is 17.1. The monoisotopic (exact) mass is 362 g/mol. The number of hydrogen-bond acceptors (Lipinski definition) is 2. The molecule has 124 valence electrons. The van der Waals surface area contributed by atoms with Crippen molar-refractivity contribution >= 4 is 40.0 Å². The van der Waals surface area contributed by atoms with Crippen LogP contribution in [0.1, 0.15) is 15.9 Å². The summed E-state index contributed by atoms with van der Waals surface area (Å²) in [5.41, 5.74) is 2.57. The highest BCUT2D eigenvalue weighted by Gasteiger charge is 2.11. The highest BCUT2D eigenvalue weighted by atomic mass is 35.5. The molecular formula is C18H16Cl2N2O2. The zero-order valence-electron chi connectivity index (χ0n) is 13.0. The average molecular weight is 363 g/mol. The summed E-state index contributed by atoms with van der Waals surface area (Å²) in [7, 11) is 1.64. The van der Waals surface area contributed by atoms with Crippen molar-refractivity contribution in [3.05, 3.63) is 63.8 Å². The van der Waals surface area contributed by atoms with Crippen molar-refractivity contribution in [3.8, 4) is 5.75 Å². The lowest BCUT2D eigenvalue weighted by atomic mass is 10.1. The van der Waals surface area contributed by atoms with Crippen LogP contribution >= 0.6 is 23.2 Å². The van der Waals surface area contributed by atoms with E-state index in [1.807, 2.05) is 24.4 Å². The Labute approximate surface area is 149 Å². The number of nitrogens with one attached hydrogen (secondary N) is 2. The van der Waals surface area contributed by atoms with Gasteiger partial charge in [-0.25, -0.2) is 0 Å². The summed E-state index contributed by atoms with van der Waals surface area (Å²) in [6.07, 6.45) is 2.66. The third-order valence-corrected chi connectivity index (χ3v) is 4.38. The van der Waals surface area contributed by atoms with Gasteiger partial charge < -0.3 is 15.0 Å². The number of ether oxygens (including phenoxy) is 1. The number of carbonyl (C=O) groups excluding carboxylic acids is 1. The van der Waals surface area contributed by atoms with Gasteiger partial charge in [0, 0.05) is 34.7 Å². The molecule has 3 aromatic rings. The van der Waals surface area contributed by atoms with Crippen LogP contribution in [0.2, 0.25) is 10.0 Å². The van der Waals surface area contributed by atoms with Crippen LogP contribution in [0.5, 0.6) is 5.75 Å². The van der Waals surface area contributed by atoms with E-state index in [4.69, 9.17) is 27.9 Å². The van der Waals surface area contributed by atoms with Gasteiger partial charge in [0.2, 0.25) is 0 Å². The summed E-state index contributed by atoms with van der Waals surface area (Å²) in [6.45, 7) is 0.511. The molecule has 0 radical (unpaired) electrons. The topological polar surface area (TPSA) is 54.1 Å². The van der Waals surface area contributed by atoms with Crippen molar-refractivity contribution in [2.24, 2.45) is 0 Å².